The lowest BCUT2D eigenvalue weighted by Crippen LogP contribution is -2.22. The molecular weight excluding hydrogens is 206 g/mol. The van der Waals surface area contributed by atoms with Crippen LogP contribution >= 0.6 is 0 Å². The molecule has 0 saturated carbocycles. The number of alkyl carbamates (subject to hydrolysis) is 1. The molecule has 0 saturated heterocycles. The minimum atomic E-state index is -0.482. The number of aliphatic hydroxyl groups is 1. The average molecular weight is 219 g/mol. The van der Waals surface area contributed by atoms with Crippen LogP contribution in [-0.2, 0) is 11.3 Å². The Balaban J connectivity index is 2.75. The van der Waals surface area contributed by atoms with E-state index in [1.807, 2.05) is 24.3 Å². The number of methoxy groups -OCH3 is 1. The minimum absolute atomic E-state index is 0.182. The maximum atomic E-state index is 10.9. The van der Waals surface area contributed by atoms with Crippen LogP contribution in [0.25, 0.3) is 0 Å². The lowest BCUT2D eigenvalue weighted by atomic mass is 10.1. The van der Waals surface area contributed by atoms with Gasteiger partial charge in [0.15, 0.2) is 0 Å². The van der Waals surface area contributed by atoms with E-state index in [9.17, 15) is 4.79 Å². The summed E-state index contributed by atoms with van der Waals surface area (Å²) in [5.41, 5.74) is 1.67. The van der Waals surface area contributed by atoms with E-state index in [1.54, 1.807) is 0 Å². The second-order valence-corrected chi connectivity index (χ2v) is 2.96. The summed E-state index contributed by atoms with van der Waals surface area (Å²) >= 11 is 0. The van der Waals surface area contributed by atoms with Gasteiger partial charge in [0.2, 0.25) is 0 Å². The third kappa shape index (κ3) is 3.64. The van der Waals surface area contributed by atoms with Gasteiger partial charge in [-0.1, -0.05) is 30.0 Å². The van der Waals surface area contributed by atoms with Crippen molar-refractivity contribution in [2.75, 3.05) is 13.7 Å². The van der Waals surface area contributed by atoms with E-state index in [2.05, 4.69) is 21.9 Å². The van der Waals surface area contributed by atoms with Crippen molar-refractivity contribution in [1.82, 2.24) is 5.32 Å². The number of amides is 1. The van der Waals surface area contributed by atoms with Crippen LogP contribution in [0.4, 0.5) is 4.79 Å². The molecule has 1 aromatic carbocycles. The number of rotatable bonds is 2. The topological polar surface area (TPSA) is 58.6 Å². The number of ether oxygens (including phenoxy) is 1. The van der Waals surface area contributed by atoms with Crippen LogP contribution in [0.15, 0.2) is 24.3 Å². The first-order chi connectivity index (χ1) is 7.77. The summed E-state index contributed by atoms with van der Waals surface area (Å²) in [6.07, 6.45) is -0.482. The van der Waals surface area contributed by atoms with Gasteiger partial charge in [0.25, 0.3) is 0 Å². The number of carbonyl (C=O) groups is 1. The fraction of sp³-hybridized carbons (Fsp3) is 0.250. The Morgan fingerprint density at radius 3 is 2.94 bits per heavy atom. The van der Waals surface area contributed by atoms with Gasteiger partial charge in [0.05, 0.1) is 7.11 Å². The standard InChI is InChI=1S/C12H13NO3/c1-16-12(15)13-9-11-6-3-2-5-10(11)7-4-8-14/h2-3,5-6,14H,8-9H2,1H3,(H,13,15). The maximum Gasteiger partial charge on any atom is 0.407 e. The van der Waals surface area contributed by atoms with Crippen LogP contribution in [0.5, 0.6) is 0 Å². The molecule has 16 heavy (non-hydrogen) atoms. The van der Waals surface area contributed by atoms with Crippen molar-refractivity contribution in [2.24, 2.45) is 0 Å². The van der Waals surface area contributed by atoms with Gasteiger partial charge < -0.3 is 15.2 Å². The van der Waals surface area contributed by atoms with E-state index >= 15 is 0 Å². The number of benzene rings is 1. The van der Waals surface area contributed by atoms with Crippen LogP contribution in [0.1, 0.15) is 11.1 Å². The Labute approximate surface area is 94.2 Å². The van der Waals surface area contributed by atoms with Crippen molar-refractivity contribution >= 4 is 6.09 Å². The van der Waals surface area contributed by atoms with Crippen LogP contribution < -0.4 is 5.32 Å². The molecule has 0 aliphatic rings. The number of hydrogen-bond donors (Lipinski definition) is 2. The highest BCUT2D eigenvalue weighted by atomic mass is 16.5. The van der Waals surface area contributed by atoms with E-state index in [0.29, 0.717) is 6.54 Å². The van der Waals surface area contributed by atoms with Gasteiger partial charge in [-0.05, 0) is 11.6 Å². The zero-order chi connectivity index (χ0) is 11.8. The van der Waals surface area contributed by atoms with Crippen LogP contribution in [0.2, 0.25) is 0 Å². The van der Waals surface area contributed by atoms with Gasteiger partial charge in [0, 0.05) is 12.1 Å². The number of hydrogen-bond acceptors (Lipinski definition) is 3. The molecule has 0 radical (unpaired) electrons. The predicted octanol–water partition coefficient (Wildman–Crippen LogP) is 0.886. The molecule has 4 heteroatoms. The first-order valence-electron chi connectivity index (χ1n) is 4.77. The molecular formula is C12H13NO3. The summed E-state index contributed by atoms with van der Waals surface area (Å²) in [5, 5.41) is 11.2. The highest BCUT2D eigenvalue weighted by Crippen LogP contribution is 2.06. The van der Waals surface area contributed by atoms with E-state index in [4.69, 9.17) is 5.11 Å². The van der Waals surface area contributed by atoms with E-state index in [0.717, 1.165) is 11.1 Å². The Kier molecular flexibility index (Phi) is 4.90. The van der Waals surface area contributed by atoms with Crippen molar-refractivity contribution in [3.8, 4) is 11.8 Å². The minimum Gasteiger partial charge on any atom is -0.453 e. The van der Waals surface area contributed by atoms with Crippen molar-refractivity contribution in [3.05, 3.63) is 35.4 Å². The Morgan fingerprint density at radius 2 is 2.25 bits per heavy atom. The highest BCUT2D eigenvalue weighted by molar-refractivity contribution is 5.67. The fourth-order valence-corrected chi connectivity index (χ4v) is 1.17. The summed E-state index contributed by atoms with van der Waals surface area (Å²) in [7, 11) is 1.31. The van der Waals surface area contributed by atoms with Gasteiger partial charge in [-0.2, -0.15) is 0 Å². The third-order valence-corrected chi connectivity index (χ3v) is 1.93. The molecule has 0 unspecified atom stereocenters. The summed E-state index contributed by atoms with van der Waals surface area (Å²) in [5.74, 6) is 5.38. The quantitative estimate of drug-likeness (QED) is 0.726. The summed E-state index contributed by atoms with van der Waals surface area (Å²) in [4.78, 5) is 10.9. The zero-order valence-corrected chi connectivity index (χ0v) is 8.99. The lowest BCUT2D eigenvalue weighted by Gasteiger charge is -2.05. The fourth-order valence-electron chi connectivity index (χ4n) is 1.17. The molecule has 0 bridgehead atoms. The third-order valence-electron chi connectivity index (χ3n) is 1.93. The summed E-state index contributed by atoms with van der Waals surface area (Å²) in [6.45, 7) is 0.168. The van der Waals surface area contributed by atoms with Crippen molar-refractivity contribution in [3.63, 3.8) is 0 Å². The van der Waals surface area contributed by atoms with Crippen molar-refractivity contribution < 1.29 is 14.6 Å². The van der Waals surface area contributed by atoms with Crippen LogP contribution in [-0.4, -0.2) is 24.9 Å². The van der Waals surface area contributed by atoms with Gasteiger partial charge in [-0.25, -0.2) is 4.79 Å². The van der Waals surface area contributed by atoms with Gasteiger partial charge >= 0.3 is 6.09 Å². The molecule has 4 nitrogen and oxygen atoms in total. The molecule has 84 valence electrons. The van der Waals surface area contributed by atoms with Gasteiger partial charge in [-0.3, -0.25) is 0 Å². The lowest BCUT2D eigenvalue weighted by molar-refractivity contribution is 0.170. The molecule has 1 aromatic rings. The number of aliphatic hydroxyl groups excluding tert-OH is 1. The molecule has 0 aliphatic carbocycles. The van der Waals surface area contributed by atoms with E-state index < -0.39 is 6.09 Å². The number of nitrogens with one attached hydrogen (secondary N) is 1. The summed E-state index contributed by atoms with van der Waals surface area (Å²) < 4.78 is 4.47. The first kappa shape index (κ1) is 12.1. The molecule has 0 aliphatic heterocycles. The smallest absolute Gasteiger partial charge is 0.407 e. The number of carbonyl (C=O) groups excluding carboxylic acids is 1. The SMILES string of the molecule is COC(=O)NCc1ccccc1C#CCO. The predicted molar refractivity (Wildman–Crippen MR) is 59.7 cm³/mol. The maximum absolute atomic E-state index is 10.9. The monoisotopic (exact) mass is 219 g/mol. The van der Waals surface area contributed by atoms with Crippen molar-refractivity contribution in [1.29, 1.82) is 0 Å². The first-order valence-corrected chi connectivity index (χ1v) is 4.77. The van der Waals surface area contributed by atoms with Gasteiger partial charge in [-0.15, -0.1) is 0 Å². The molecule has 0 aromatic heterocycles. The molecule has 1 amide bonds. The highest BCUT2D eigenvalue weighted by Gasteiger charge is 2.01. The second kappa shape index (κ2) is 6.49. The van der Waals surface area contributed by atoms with Crippen LogP contribution in [0, 0.1) is 11.8 Å². The molecule has 0 heterocycles. The second-order valence-electron chi connectivity index (χ2n) is 2.96. The van der Waals surface area contributed by atoms with Gasteiger partial charge in [0.1, 0.15) is 6.61 Å². The van der Waals surface area contributed by atoms with E-state index in [1.165, 1.54) is 7.11 Å². The molecule has 0 spiro atoms. The Bertz CT molecular complexity index is 418. The Morgan fingerprint density at radius 1 is 1.50 bits per heavy atom. The molecule has 1 rings (SSSR count). The molecule has 0 fully saturated rings. The molecule has 0 atom stereocenters. The normalized spacial score (nSPS) is 8.88. The van der Waals surface area contributed by atoms with Crippen LogP contribution in [0.3, 0.4) is 0 Å². The van der Waals surface area contributed by atoms with E-state index in [-0.39, 0.29) is 6.61 Å². The summed E-state index contributed by atoms with van der Waals surface area (Å²) in [6, 6.07) is 7.40. The largest absolute Gasteiger partial charge is 0.453 e. The molecule has 2 N–H and O–H groups in total. The Hall–Kier alpha value is -1.99. The zero-order valence-electron chi connectivity index (χ0n) is 8.99. The van der Waals surface area contributed by atoms with Crippen molar-refractivity contribution in [2.45, 2.75) is 6.54 Å². The average Bonchev–Trinajstić information content (AvgIpc) is 2.34.